The van der Waals surface area contributed by atoms with E-state index in [2.05, 4.69) is 6.92 Å². The fourth-order valence-electron chi connectivity index (χ4n) is 0.903. The van der Waals surface area contributed by atoms with Crippen molar-refractivity contribution in [2.45, 2.75) is 0 Å². The molecule has 2 nitrogen and oxygen atoms in total. The van der Waals surface area contributed by atoms with Crippen LogP contribution in [0.3, 0.4) is 0 Å². The SMILES string of the molecule is [CH2]/C=C/COc1cccc(OC)c1. The van der Waals surface area contributed by atoms with E-state index < -0.39 is 0 Å². The highest BCUT2D eigenvalue weighted by molar-refractivity contribution is 5.32. The molecule has 69 valence electrons. The van der Waals surface area contributed by atoms with Crippen molar-refractivity contribution in [2.75, 3.05) is 13.7 Å². The third-order valence-corrected chi connectivity index (χ3v) is 1.55. The first kappa shape index (κ1) is 9.65. The van der Waals surface area contributed by atoms with Gasteiger partial charge in [0.2, 0.25) is 0 Å². The van der Waals surface area contributed by atoms with E-state index in [4.69, 9.17) is 9.47 Å². The number of ether oxygens (including phenoxy) is 2. The van der Waals surface area contributed by atoms with Crippen molar-refractivity contribution in [1.29, 1.82) is 0 Å². The molecule has 1 radical (unpaired) electrons. The lowest BCUT2D eigenvalue weighted by molar-refractivity contribution is 0.357. The molecule has 1 rings (SSSR count). The lowest BCUT2D eigenvalue weighted by Crippen LogP contribution is -1.93. The van der Waals surface area contributed by atoms with E-state index in [0.717, 1.165) is 11.5 Å². The van der Waals surface area contributed by atoms with Gasteiger partial charge in [-0.15, -0.1) is 0 Å². The molecular weight excluding hydrogens is 164 g/mol. The van der Waals surface area contributed by atoms with Crippen molar-refractivity contribution < 1.29 is 9.47 Å². The van der Waals surface area contributed by atoms with Gasteiger partial charge >= 0.3 is 0 Å². The van der Waals surface area contributed by atoms with Crippen molar-refractivity contribution >= 4 is 0 Å². The lowest BCUT2D eigenvalue weighted by Gasteiger charge is -2.04. The Balaban J connectivity index is 2.56. The minimum Gasteiger partial charge on any atom is -0.497 e. The number of hydrogen-bond acceptors (Lipinski definition) is 2. The topological polar surface area (TPSA) is 18.5 Å². The molecule has 0 unspecified atom stereocenters. The summed E-state index contributed by atoms with van der Waals surface area (Å²) < 4.78 is 10.4. The molecule has 13 heavy (non-hydrogen) atoms. The first-order valence-corrected chi connectivity index (χ1v) is 4.08. The molecule has 2 heteroatoms. The molecule has 0 heterocycles. The Morgan fingerprint density at radius 2 is 2.15 bits per heavy atom. The van der Waals surface area contributed by atoms with Crippen molar-refractivity contribution in [3.8, 4) is 11.5 Å². The summed E-state index contributed by atoms with van der Waals surface area (Å²) in [5.41, 5.74) is 0. The van der Waals surface area contributed by atoms with Crippen LogP contribution < -0.4 is 9.47 Å². The first-order chi connectivity index (χ1) is 6.36. The van der Waals surface area contributed by atoms with Crippen molar-refractivity contribution in [2.24, 2.45) is 0 Å². The maximum Gasteiger partial charge on any atom is 0.123 e. The van der Waals surface area contributed by atoms with Gasteiger partial charge < -0.3 is 9.47 Å². The summed E-state index contributed by atoms with van der Waals surface area (Å²) in [5, 5.41) is 0. The zero-order valence-electron chi connectivity index (χ0n) is 7.69. The highest BCUT2D eigenvalue weighted by Gasteiger charge is 1.93. The first-order valence-electron chi connectivity index (χ1n) is 4.08. The van der Waals surface area contributed by atoms with Crippen LogP contribution in [-0.2, 0) is 0 Å². The van der Waals surface area contributed by atoms with E-state index in [1.54, 1.807) is 13.2 Å². The van der Waals surface area contributed by atoms with Gasteiger partial charge in [0.15, 0.2) is 0 Å². The van der Waals surface area contributed by atoms with Gasteiger partial charge in [0.25, 0.3) is 0 Å². The van der Waals surface area contributed by atoms with Crippen LogP contribution in [0.2, 0.25) is 0 Å². The molecule has 0 amide bonds. The van der Waals surface area contributed by atoms with E-state index in [0.29, 0.717) is 6.61 Å². The van der Waals surface area contributed by atoms with Gasteiger partial charge in [0.1, 0.15) is 18.1 Å². The molecule has 0 aliphatic carbocycles. The Kier molecular flexibility index (Phi) is 3.89. The van der Waals surface area contributed by atoms with Crippen molar-refractivity contribution in [3.63, 3.8) is 0 Å². The summed E-state index contributed by atoms with van der Waals surface area (Å²) in [5.74, 6) is 1.61. The van der Waals surface area contributed by atoms with Gasteiger partial charge in [-0.1, -0.05) is 18.2 Å². The average Bonchev–Trinajstić information content (AvgIpc) is 2.19. The van der Waals surface area contributed by atoms with Gasteiger partial charge in [-0.25, -0.2) is 0 Å². The molecule has 0 bridgehead atoms. The van der Waals surface area contributed by atoms with Crippen LogP contribution in [0.25, 0.3) is 0 Å². The number of methoxy groups -OCH3 is 1. The molecule has 0 atom stereocenters. The fraction of sp³-hybridized carbons (Fsp3) is 0.182. The van der Waals surface area contributed by atoms with Crippen LogP contribution in [-0.4, -0.2) is 13.7 Å². The van der Waals surface area contributed by atoms with Crippen molar-refractivity contribution in [1.82, 2.24) is 0 Å². The number of rotatable bonds is 4. The molecule has 0 saturated heterocycles. The summed E-state index contributed by atoms with van der Waals surface area (Å²) in [4.78, 5) is 0. The van der Waals surface area contributed by atoms with Gasteiger partial charge in [-0.2, -0.15) is 0 Å². The van der Waals surface area contributed by atoms with Gasteiger partial charge in [0.05, 0.1) is 7.11 Å². The highest BCUT2D eigenvalue weighted by atomic mass is 16.5. The summed E-state index contributed by atoms with van der Waals surface area (Å²) in [7, 11) is 1.63. The second-order valence-electron chi connectivity index (χ2n) is 2.46. The number of allylic oxidation sites excluding steroid dienone is 1. The minimum absolute atomic E-state index is 0.538. The molecule has 1 aromatic carbocycles. The van der Waals surface area contributed by atoms with E-state index in [1.807, 2.05) is 30.3 Å². The maximum atomic E-state index is 5.38. The van der Waals surface area contributed by atoms with Gasteiger partial charge in [-0.05, 0) is 19.1 Å². The van der Waals surface area contributed by atoms with Crippen LogP contribution in [0.1, 0.15) is 0 Å². The number of benzene rings is 1. The Morgan fingerprint density at radius 1 is 1.38 bits per heavy atom. The largest absolute Gasteiger partial charge is 0.497 e. The molecule has 0 aliphatic heterocycles. The van der Waals surface area contributed by atoms with Crippen LogP contribution in [0.4, 0.5) is 0 Å². The molecule has 0 fully saturated rings. The number of hydrogen-bond donors (Lipinski definition) is 0. The van der Waals surface area contributed by atoms with Crippen LogP contribution in [0.15, 0.2) is 36.4 Å². The Labute approximate surface area is 78.8 Å². The smallest absolute Gasteiger partial charge is 0.123 e. The quantitative estimate of drug-likeness (QED) is 0.703. The molecule has 0 spiro atoms. The van der Waals surface area contributed by atoms with Gasteiger partial charge in [0, 0.05) is 6.07 Å². The van der Waals surface area contributed by atoms with E-state index in [-0.39, 0.29) is 0 Å². The third-order valence-electron chi connectivity index (χ3n) is 1.55. The standard InChI is InChI=1S/C11H13O2/c1-3-4-8-13-11-7-5-6-10(9-11)12-2/h3-7,9H,1,8H2,2H3/b4-3+. The Hall–Kier alpha value is -1.44. The van der Waals surface area contributed by atoms with E-state index >= 15 is 0 Å². The predicted molar refractivity (Wildman–Crippen MR) is 53.0 cm³/mol. The molecule has 0 saturated carbocycles. The molecule has 0 N–H and O–H groups in total. The molecule has 0 aromatic heterocycles. The summed E-state index contributed by atoms with van der Waals surface area (Å²) in [6, 6.07) is 7.50. The zero-order valence-corrected chi connectivity index (χ0v) is 7.69. The third kappa shape index (κ3) is 3.20. The van der Waals surface area contributed by atoms with Crippen molar-refractivity contribution in [3.05, 3.63) is 43.3 Å². The summed E-state index contributed by atoms with van der Waals surface area (Å²) in [6.45, 7) is 4.10. The summed E-state index contributed by atoms with van der Waals surface area (Å²) in [6.07, 6.45) is 3.56. The predicted octanol–water partition coefficient (Wildman–Crippen LogP) is 2.46. The molecule has 0 aliphatic rings. The second kappa shape index (κ2) is 5.25. The van der Waals surface area contributed by atoms with Crippen LogP contribution in [0.5, 0.6) is 11.5 Å². The van der Waals surface area contributed by atoms with E-state index in [9.17, 15) is 0 Å². The van der Waals surface area contributed by atoms with Crippen LogP contribution in [0, 0.1) is 6.92 Å². The Bertz CT molecular complexity index is 279. The molecule has 1 aromatic rings. The highest BCUT2D eigenvalue weighted by Crippen LogP contribution is 2.18. The Morgan fingerprint density at radius 3 is 2.85 bits per heavy atom. The molecular formula is C11H13O2. The summed E-state index contributed by atoms with van der Waals surface area (Å²) >= 11 is 0. The lowest BCUT2D eigenvalue weighted by atomic mass is 10.3. The maximum absolute atomic E-state index is 5.38. The second-order valence-corrected chi connectivity index (χ2v) is 2.46. The minimum atomic E-state index is 0.538. The average molecular weight is 177 g/mol. The zero-order chi connectivity index (χ0) is 9.52. The van der Waals surface area contributed by atoms with E-state index in [1.165, 1.54) is 0 Å². The van der Waals surface area contributed by atoms with Crippen LogP contribution >= 0.6 is 0 Å². The monoisotopic (exact) mass is 177 g/mol. The normalized spacial score (nSPS) is 10.3. The van der Waals surface area contributed by atoms with Gasteiger partial charge in [-0.3, -0.25) is 0 Å². The fourth-order valence-corrected chi connectivity index (χ4v) is 0.903.